The number of carbonyl (C=O) groups excluding carboxylic acids is 2. The summed E-state index contributed by atoms with van der Waals surface area (Å²) in [6.45, 7) is 12.7. The molecule has 0 atom stereocenters. The van der Waals surface area contributed by atoms with Gasteiger partial charge in [0.25, 0.3) is 6.47 Å². The molecule has 0 spiro atoms. The second kappa shape index (κ2) is 15.2. The van der Waals surface area contributed by atoms with Crippen LogP contribution in [0.1, 0.15) is 26.3 Å². The number of hydrogen-bond donors (Lipinski definition) is 3. The summed E-state index contributed by atoms with van der Waals surface area (Å²) in [7, 11) is 3.52. The Kier molecular flexibility index (Phi) is 11.7. The van der Waals surface area contributed by atoms with Crippen LogP contribution >= 0.6 is 0 Å². The molecule has 1 aliphatic rings. The zero-order valence-electron chi connectivity index (χ0n) is 25.7. The molecule has 1 aliphatic heterocycles. The quantitative estimate of drug-likeness (QED) is 0.212. The predicted octanol–water partition coefficient (Wildman–Crippen LogP) is 5.22. The summed E-state index contributed by atoms with van der Waals surface area (Å²) in [6, 6.07) is 9.72. The second-order valence-electron chi connectivity index (χ2n) is 10.8. The highest BCUT2D eigenvalue weighted by molar-refractivity contribution is 5.99. The number of anilines is 6. The van der Waals surface area contributed by atoms with Gasteiger partial charge in [-0.3, -0.25) is 9.59 Å². The Morgan fingerprint density at radius 1 is 1.02 bits per heavy atom. The minimum Gasteiger partial charge on any atom is -0.479 e. The Morgan fingerprint density at radius 3 is 2.29 bits per heavy atom. The normalized spacial score (nSPS) is 13.6. The maximum absolute atomic E-state index is 13.7. The third-order valence-electron chi connectivity index (χ3n) is 6.19. The van der Waals surface area contributed by atoms with Crippen molar-refractivity contribution < 1.29 is 32.2 Å². The number of nitrogens with zero attached hydrogens (tertiary/aromatic N) is 5. The van der Waals surface area contributed by atoms with E-state index in [4.69, 9.17) is 4.74 Å². The van der Waals surface area contributed by atoms with E-state index in [0.29, 0.717) is 24.0 Å². The molecule has 0 saturated carbocycles. The number of benzene rings is 1. The molecule has 1 aromatic carbocycles. The lowest BCUT2D eigenvalue weighted by Crippen LogP contribution is -2.44. The third-order valence-corrected chi connectivity index (χ3v) is 6.19. The summed E-state index contributed by atoms with van der Waals surface area (Å²) in [5, 5.41) is 8.13. The van der Waals surface area contributed by atoms with Gasteiger partial charge < -0.3 is 35.2 Å². The van der Waals surface area contributed by atoms with Crippen molar-refractivity contribution >= 4 is 47.0 Å². The third kappa shape index (κ3) is 10.6. The first-order valence-electron chi connectivity index (χ1n) is 13.8. The van der Waals surface area contributed by atoms with Gasteiger partial charge >= 0.3 is 6.18 Å². The van der Waals surface area contributed by atoms with Crippen molar-refractivity contribution in [3.8, 4) is 5.88 Å². The highest BCUT2D eigenvalue weighted by Crippen LogP contribution is 2.36. The van der Waals surface area contributed by atoms with Crippen LogP contribution in [-0.2, 0) is 20.5 Å². The average molecular weight is 631 g/mol. The number of ether oxygens (including phenoxy) is 2. The lowest BCUT2D eigenvalue weighted by molar-refractivity contribution is -0.139. The predicted molar refractivity (Wildman–Crippen MR) is 166 cm³/mol. The summed E-state index contributed by atoms with van der Waals surface area (Å²) >= 11 is 0. The minimum absolute atomic E-state index is 0.0935. The van der Waals surface area contributed by atoms with Crippen molar-refractivity contribution in [2.24, 2.45) is 0 Å². The van der Waals surface area contributed by atoms with Gasteiger partial charge in [-0.05, 0) is 64.2 Å². The molecule has 1 amide bonds. The molecule has 2 aromatic heterocycles. The number of methoxy groups -OCH3 is 1. The van der Waals surface area contributed by atoms with Gasteiger partial charge in [-0.1, -0.05) is 12.6 Å². The van der Waals surface area contributed by atoms with E-state index >= 15 is 0 Å². The number of hydrogen-bond acceptors (Lipinski definition) is 11. The molecule has 1 fully saturated rings. The van der Waals surface area contributed by atoms with Crippen LogP contribution < -0.4 is 25.6 Å². The molecule has 3 N–H and O–H groups in total. The Balaban J connectivity index is 0.000000707. The number of nitrogens with one attached hydrogen (secondary N) is 3. The Labute approximate surface area is 259 Å². The molecule has 0 bridgehead atoms. The summed E-state index contributed by atoms with van der Waals surface area (Å²) in [6.07, 6.45) is -2.93. The number of halogens is 3. The van der Waals surface area contributed by atoms with Crippen molar-refractivity contribution in [3.05, 3.63) is 60.8 Å². The molecular weight excluding hydrogens is 593 g/mol. The van der Waals surface area contributed by atoms with Crippen LogP contribution in [0.2, 0.25) is 0 Å². The van der Waals surface area contributed by atoms with E-state index in [0.717, 1.165) is 38.1 Å². The van der Waals surface area contributed by atoms with Gasteiger partial charge in [-0.2, -0.15) is 23.1 Å². The monoisotopic (exact) mass is 630 g/mol. The van der Waals surface area contributed by atoms with E-state index in [-0.39, 0.29) is 23.1 Å². The van der Waals surface area contributed by atoms with Crippen molar-refractivity contribution in [1.29, 1.82) is 0 Å². The molecule has 45 heavy (non-hydrogen) atoms. The molecule has 1 saturated heterocycles. The molecule has 15 heteroatoms. The van der Waals surface area contributed by atoms with Crippen LogP contribution in [0.5, 0.6) is 5.88 Å². The van der Waals surface area contributed by atoms with E-state index in [1.807, 2.05) is 26.8 Å². The first-order chi connectivity index (χ1) is 21.2. The van der Waals surface area contributed by atoms with Crippen LogP contribution in [-0.4, -0.2) is 78.2 Å². The standard InChI is InChI=1S/C25H27F3N8O2.C5H10O2/c1-4-21(37)30-16-6-5-7-17(14-16)31-22-18(25(26,27)28)15-29-24(34-22)32-19-8-9-20(33-23(19)38-3)36-12-10-35(2)11-13-36;1-5(2,3)7-4-6/h4-9,14-15H,1,10-13H2,2-3H3,(H,30,37)(H2,29,31,32,34);4H,1-3H3. The lowest BCUT2D eigenvalue weighted by atomic mass is 10.2. The van der Waals surface area contributed by atoms with Gasteiger partial charge in [-0.25, -0.2) is 4.98 Å². The van der Waals surface area contributed by atoms with Crippen molar-refractivity contribution in [2.45, 2.75) is 32.5 Å². The maximum atomic E-state index is 13.7. The number of aromatic nitrogens is 3. The fraction of sp³-hybridized carbons (Fsp3) is 0.367. The number of alkyl halides is 3. The molecule has 12 nitrogen and oxygen atoms in total. The molecule has 0 unspecified atom stereocenters. The second-order valence-corrected chi connectivity index (χ2v) is 10.8. The van der Waals surface area contributed by atoms with Crippen LogP contribution in [0, 0.1) is 0 Å². The Bertz CT molecular complexity index is 1470. The number of rotatable bonds is 9. The Hall–Kier alpha value is -4.92. The maximum Gasteiger partial charge on any atom is 0.421 e. The van der Waals surface area contributed by atoms with Gasteiger partial charge in [0, 0.05) is 43.8 Å². The first-order valence-corrected chi connectivity index (χ1v) is 13.8. The average Bonchev–Trinajstić information content (AvgIpc) is 2.97. The van der Waals surface area contributed by atoms with Crippen molar-refractivity contribution in [3.63, 3.8) is 0 Å². The van der Waals surface area contributed by atoms with Gasteiger partial charge in [0.2, 0.25) is 17.7 Å². The van der Waals surface area contributed by atoms with Crippen molar-refractivity contribution in [2.75, 3.05) is 61.2 Å². The molecule has 0 radical (unpaired) electrons. The van der Waals surface area contributed by atoms with Crippen LogP contribution in [0.4, 0.5) is 47.8 Å². The molecule has 3 aromatic rings. The fourth-order valence-electron chi connectivity index (χ4n) is 3.91. The topological polar surface area (TPSA) is 134 Å². The van der Waals surface area contributed by atoms with Crippen LogP contribution in [0.3, 0.4) is 0 Å². The zero-order valence-corrected chi connectivity index (χ0v) is 25.7. The van der Waals surface area contributed by atoms with Gasteiger partial charge in [0.15, 0.2) is 0 Å². The molecule has 242 valence electrons. The van der Waals surface area contributed by atoms with E-state index in [2.05, 4.69) is 59.1 Å². The molecule has 0 aliphatic carbocycles. The van der Waals surface area contributed by atoms with Crippen molar-refractivity contribution in [1.82, 2.24) is 19.9 Å². The summed E-state index contributed by atoms with van der Waals surface area (Å²) in [5.41, 5.74) is -0.332. The number of pyridine rings is 1. The van der Waals surface area contributed by atoms with Crippen LogP contribution in [0.15, 0.2) is 55.3 Å². The Morgan fingerprint density at radius 2 is 1.71 bits per heavy atom. The number of carbonyl (C=O) groups is 2. The number of piperazine rings is 1. The van der Waals surface area contributed by atoms with Gasteiger partial charge in [0.1, 0.15) is 28.5 Å². The SMILES string of the molecule is C=CC(=O)Nc1cccc(Nc2nc(Nc3ccc(N4CCN(C)CC4)nc3OC)ncc2C(F)(F)F)c1.CC(C)(C)OC=O. The van der Waals surface area contributed by atoms with E-state index in [1.54, 1.807) is 24.3 Å². The molecular formula is C30H37F3N8O4. The molecule has 4 rings (SSSR count). The number of likely N-dealkylation sites (N-methyl/N-ethyl adjacent to an activating group) is 1. The minimum atomic E-state index is -4.71. The summed E-state index contributed by atoms with van der Waals surface area (Å²) in [4.78, 5) is 38.0. The largest absolute Gasteiger partial charge is 0.479 e. The van der Waals surface area contributed by atoms with Crippen LogP contribution in [0.25, 0.3) is 0 Å². The summed E-state index contributed by atoms with van der Waals surface area (Å²) < 4.78 is 51.1. The number of amides is 1. The van der Waals surface area contributed by atoms with Gasteiger partial charge in [0.05, 0.1) is 7.11 Å². The highest BCUT2D eigenvalue weighted by atomic mass is 19.4. The van der Waals surface area contributed by atoms with E-state index in [9.17, 15) is 22.8 Å². The smallest absolute Gasteiger partial charge is 0.421 e. The highest BCUT2D eigenvalue weighted by Gasteiger charge is 2.35. The van der Waals surface area contributed by atoms with E-state index < -0.39 is 23.5 Å². The first kappa shape index (κ1) is 34.6. The molecule has 3 heterocycles. The zero-order chi connectivity index (χ0) is 33.2. The summed E-state index contributed by atoms with van der Waals surface area (Å²) in [5.74, 6) is -0.0233. The van der Waals surface area contributed by atoms with Gasteiger partial charge in [-0.15, -0.1) is 0 Å². The fourth-order valence-corrected chi connectivity index (χ4v) is 3.91. The van der Waals surface area contributed by atoms with E-state index in [1.165, 1.54) is 13.2 Å². The lowest BCUT2D eigenvalue weighted by Gasteiger charge is -2.33.